The third kappa shape index (κ3) is 5.76. The standard InChI is InChI=1S/C24H28N4O2S/c1-19-22(31-23(26-19)21-6-3-2-4-7-21)24(29)28(18-20-8-10-25-11-9-20)13-5-12-27-14-16-30-17-15-27/h2-4,6-11H,5,12-18H2,1H3. The molecule has 3 aromatic rings. The van der Waals surface area contributed by atoms with E-state index in [1.165, 1.54) is 11.3 Å². The lowest BCUT2D eigenvalue weighted by Crippen LogP contribution is -2.39. The lowest BCUT2D eigenvalue weighted by Gasteiger charge is -2.28. The number of hydrogen-bond donors (Lipinski definition) is 0. The zero-order valence-electron chi connectivity index (χ0n) is 17.9. The largest absolute Gasteiger partial charge is 0.379 e. The van der Waals surface area contributed by atoms with Crippen molar-refractivity contribution in [2.45, 2.75) is 19.9 Å². The molecule has 0 N–H and O–H groups in total. The summed E-state index contributed by atoms with van der Waals surface area (Å²) in [7, 11) is 0. The number of amides is 1. The summed E-state index contributed by atoms with van der Waals surface area (Å²) in [6, 6.07) is 14.0. The molecule has 0 aliphatic carbocycles. The molecule has 1 aliphatic rings. The zero-order valence-corrected chi connectivity index (χ0v) is 18.7. The molecule has 1 fully saturated rings. The predicted octanol–water partition coefficient (Wildman–Crippen LogP) is 3.88. The molecule has 0 atom stereocenters. The lowest BCUT2D eigenvalue weighted by molar-refractivity contribution is 0.0356. The van der Waals surface area contributed by atoms with Crippen molar-refractivity contribution in [1.29, 1.82) is 0 Å². The maximum Gasteiger partial charge on any atom is 0.266 e. The summed E-state index contributed by atoms with van der Waals surface area (Å²) >= 11 is 1.48. The normalized spacial score (nSPS) is 14.5. The molecule has 1 amide bonds. The first-order chi connectivity index (χ1) is 15.2. The third-order valence-corrected chi connectivity index (χ3v) is 6.62. The summed E-state index contributed by atoms with van der Waals surface area (Å²) in [5, 5.41) is 0.888. The van der Waals surface area contributed by atoms with E-state index in [2.05, 4.69) is 14.9 Å². The number of aryl methyl sites for hydroxylation is 1. The Morgan fingerprint density at radius 3 is 2.61 bits per heavy atom. The first kappa shape index (κ1) is 21.6. The minimum Gasteiger partial charge on any atom is -0.379 e. The number of ether oxygens (including phenoxy) is 1. The summed E-state index contributed by atoms with van der Waals surface area (Å²) < 4.78 is 5.44. The maximum atomic E-state index is 13.5. The predicted molar refractivity (Wildman–Crippen MR) is 123 cm³/mol. The van der Waals surface area contributed by atoms with Crippen LogP contribution in [0, 0.1) is 6.92 Å². The first-order valence-corrected chi connectivity index (χ1v) is 11.5. The van der Waals surface area contributed by atoms with E-state index >= 15 is 0 Å². The highest BCUT2D eigenvalue weighted by Crippen LogP contribution is 2.29. The van der Waals surface area contributed by atoms with Crippen LogP contribution in [0.1, 0.15) is 27.3 Å². The van der Waals surface area contributed by atoms with Gasteiger partial charge in [-0.1, -0.05) is 30.3 Å². The zero-order chi connectivity index (χ0) is 21.5. The second kappa shape index (κ2) is 10.6. The van der Waals surface area contributed by atoms with Crippen molar-refractivity contribution in [3.63, 3.8) is 0 Å². The van der Waals surface area contributed by atoms with Gasteiger partial charge in [0.2, 0.25) is 0 Å². The number of hydrogen-bond acceptors (Lipinski definition) is 6. The van der Waals surface area contributed by atoms with Gasteiger partial charge in [0.1, 0.15) is 9.88 Å². The van der Waals surface area contributed by atoms with Gasteiger partial charge >= 0.3 is 0 Å². The van der Waals surface area contributed by atoms with Crippen molar-refractivity contribution in [2.75, 3.05) is 39.4 Å². The number of morpholine rings is 1. The van der Waals surface area contributed by atoms with Gasteiger partial charge in [0.15, 0.2) is 0 Å². The third-order valence-electron chi connectivity index (χ3n) is 5.43. The smallest absolute Gasteiger partial charge is 0.266 e. The van der Waals surface area contributed by atoms with Crippen LogP contribution in [0.5, 0.6) is 0 Å². The van der Waals surface area contributed by atoms with Gasteiger partial charge in [-0.15, -0.1) is 11.3 Å². The minimum atomic E-state index is 0.0518. The van der Waals surface area contributed by atoms with Crippen molar-refractivity contribution in [2.24, 2.45) is 0 Å². The van der Waals surface area contributed by atoms with Crippen LogP contribution in [0.3, 0.4) is 0 Å². The quantitative estimate of drug-likeness (QED) is 0.536. The van der Waals surface area contributed by atoms with Crippen molar-refractivity contribution in [1.82, 2.24) is 19.8 Å². The molecule has 0 unspecified atom stereocenters. The average molecular weight is 437 g/mol. The number of nitrogens with zero attached hydrogens (tertiary/aromatic N) is 4. The van der Waals surface area contributed by atoms with E-state index in [-0.39, 0.29) is 5.91 Å². The van der Waals surface area contributed by atoms with E-state index in [1.807, 2.05) is 54.3 Å². The minimum absolute atomic E-state index is 0.0518. The van der Waals surface area contributed by atoms with Crippen LogP contribution in [0.25, 0.3) is 10.6 Å². The molecule has 0 bridgehead atoms. The number of rotatable bonds is 8. The van der Waals surface area contributed by atoms with Crippen LogP contribution in [0.15, 0.2) is 54.9 Å². The molecule has 0 spiro atoms. The highest BCUT2D eigenvalue weighted by Gasteiger charge is 2.22. The summed E-state index contributed by atoms with van der Waals surface area (Å²) in [6.07, 6.45) is 4.48. The number of carbonyl (C=O) groups excluding carboxylic acids is 1. The Balaban J connectivity index is 1.49. The molecule has 7 heteroatoms. The van der Waals surface area contributed by atoms with Gasteiger partial charge < -0.3 is 9.64 Å². The second-order valence-electron chi connectivity index (χ2n) is 7.69. The van der Waals surface area contributed by atoms with Crippen molar-refractivity contribution < 1.29 is 9.53 Å². The molecular weight excluding hydrogens is 408 g/mol. The molecule has 2 aromatic heterocycles. The molecule has 1 saturated heterocycles. The van der Waals surface area contributed by atoms with Gasteiger partial charge in [0.05, 0.1) is 18.9 Å². The van der Waals surface area contributed by atoms with Gasteiger partial charge in [-0.05, 0) is 31.0 Å². The molecule has 0 radical (unpaired) electrons. The van der Waals surface area contributed by atoms with Gasteiger partial charge in [-0.25, -0.2) is 4.98 Å². The molecule has 162 valence electrons. The molecule has 4 rings (SSSR count). The highest BCUT2D eigenvalue weighted by molar-refractivity contribution is 7.17. The van der Waals surface area contributed by atoms with Crippen LogP contribution < -0.4 is 0 Å². The van der Waals surface area contributed by atoms with Crippen molar-refractivity contribution in [3.05, 3.63) is 71.0 Å². The summed E-state index contributed by atoms with van der Waals surface area (Å²) in [5.41, 5.74) is 2.92. The number of carbonyl (C=O) groups is 1. The summed E-state index contributed by atoms with van der Waals surface area (Å²) in [4.78, 5) is 27.4. The Kier molecular flexibility index (Phi) is 7.40. The van der Waals surface area contributed by atoms with Gasteiger partial charge in [0.25, 0.3) is 5.91 Å². The van der Waals surface area contributed by atoms with Crippen LogP contribution >= 0.6 is 11.3 Å². The van der Waals surface area contributed by atoms with Crippen LogP contribution in [-0.2, 0) is 11.3 Å². The van der Waals surface area contributed by atoms with E-state index in [0.717, 1.165) is 66.0 Å². The number of thiazole rings is 1. The van der Waals surface area contributed by atoms with Gasteiger partial charge in [-0.3, -0.25) is 14.7 Å². The molecule has 0 saturated carbocycles. The van der Waals surface area contributed by atoms with Gasteiger partial charge in [0, 0.05) is 50.7 Å². The second-order valence-corrected chi connectivity index (χ2v) is 8.69. The molecule has 31 heavy (non-hydrogen) atoms. The van der Waals surface area contributed by atoms with Crippen molar-refractivity contribution >= 4 is 17.2 Å². The summed E-state index contributed by atoms with van der Waals surface area (Å²) in [5.74, 6) is 0.0518. The van der Waals surface area contributed by atoms with E-state index in [0.29, 0.717) is 13.1 Å². The Bertz CT molecular complexity index is 972. The number of benzene rings is 1. The Labute approximate surface area is 187 Å². The molecule has 1 aromatic carbocycles. The lowest BCUT2D eigenvalue weighted by atomic mass is 10.2. The van der Waals surface area contributed by atoms with E-state index in [9.17, 15) is 4.79 Å². The van der Waals surface area contributed by atoms with Crippen molar-refractivity contribution in [3.8, 4) is 10.6 Å². The van der Waals surface area contributed by atoms with Crippen LogP contribution in [0.2, 0.25) is 0 Å². The monoisotopic (exact) mass is 436 g/mol. The van der Waals surface area contributed by atoms with Gasteiger partial charge in [-0.2, -0.15) is 0 Å². The highest BCUT2D eigenvalue weighted by atomic mass is 32.1. The SMILES string of the molecule is Cc1nc(-c2ccccc2)sc1C(=O)N(CCCN1CCOCC1)Cc1ccncc1. The Hall–Kier alpha value is -2.61. The first-order valence-electron chi connectivity index (χ1n) is 10.7. The fourth-order valence-electron chi connectivity index (χ4n) is 3.71. The van der Waals surface area contributed by atoms with Crippen LogP contribution in [0.4, 0.5) is 0 Å². The fourth-order valence-corrected chi connectivity index (χ4v) is 4.75. The maximum absolute atomic E-state index is 13.5. The van der Waals surface area contributed by atoms with E-state index in [4.69, 9.17) is 4.74 Å². The van der Waals surface area contributed by atoms with Crippen LogP contribution in [-0.4, -0.2) is 65.1 Å². The molecule has 1 aliphatic heterocycles. The van der Waals surface area contributed by atoms with E-state index < -0.39 is 0 Å². The molecular formula is C24H28N4O2S. The summed E-state index contributed by atoms with van der Waals surface area (Å²) in [6.45, 7) is 7.69. The number of pyridine rings is 1. The Morgan fingerprint density at radius 2 is 1.87 bits per heavy atom. The fraction of sp³-hybridized carbons (Fsp3) is 0.375. The average Bonchev–Trinajstić information content (AvgIpc) is 3.21. The molecule has 6 nitrogen and oxygen atoms in total. The molecule has 3 heterocycles. The van der Waals surface area contributed by atoms with E-state index in [1.54, 1.807) is 12.4 Å². The number of aromatic nitrogens is 2. The Morgan fingerprint density at radius 1 is 1.13 bits per heavy atom. The topological polar surface area (TPSA) is 58.6 Å².